The molecule has 7 heteroatoms. The number of nitrogens with one attached hydrogen (secondary N) is 1. The first-order valence-electron chi connectivity index (χ1n) is 4.73. The average molecular weight is 309 g/mol. The van der Waals surface area contributed by atoms with Gasteiger partial charge in [-0.2, -0.15) is 0 Å². The van der Waals surface area contributed by atoms with E-state index in [1.165, 1.54) is 13.3 Å². The van der Waals surface area contributed by atoms with Crippen LogP contribution in [0, 0.1) is 0 Å². The van der Waals surface area contributed by atoms with Gasteiger partial charge in [-0.05, 0) is 28.9 Å². The molecule has 1 atom stereocenters. The maximum Gasteiger partial charge on any atom is 0.265 e. The van der Waals surface area contributed by atoms with E-state index in [9.17, 15) is 13.6 Å². The molecular weight excluding hydrogens is 298 g/mol. The van der Waals surface area contributed by atoms with Crippen LogP contribution in [0.25, 0.3) is 0 Å². The first-order valence-corrected chi connectivity index (χ1v) is 5.52. The van der Waals surface area contributed by atoms with Crippen molar-refractivity contribution < 1.29 is 18.3 Å². The zero-order chi connectivity index (χ0) is 13.0. The second-order valence-electron chi connectivity index (χ2n) is 3.26. The molecule has 0 saturated carbocycles. The smallest absolute Gasteiger partial charge is 0.265 e. The van der Waals surface area contributed by atoms with E-state index in [0.29, 0.717) is 0 Å². The Hall–Kier alpha value is -1.08. The predicted octanol–water partition coefficient (Wildman–Crippen LogP) is 2.76. The lowest BCUT2D eigenvalue weighted by molar-refractivity contribution is -0.124. The molecule has 1 rings (SSSR count). The van der Waals surface area contributed by atoms with Gasteiger partial charge in [0.15, 0.2) is 0 Å². The molecule has 1 aromatic rings. The minimum Gasteiger partial charge on any atom is -0.372 e. The van der Waals surface area contributed by atoms with Gasteiger partial charge in [0.25, 0.3) is 12.3 Å². The first kappa shape index (κ1) is 14.0. The lowest BCUT2D eigenvalue weighted by atomic mass is 10.2. The molecule has 17 heavy (non-hydrogen) atoms. The van der Waals surface area contributed by atoms with Crippen molar-refractivity contribution in [1.29, 1.82) is 0 Å². The van der Waals surface area contributed by atoms with E-state index in [1.54, 1.807) is 6.92 Å². The van der Waals surface area contributed by atoms with Crippen LogP contribution in [0.5, 0.6) is 0 Å². The molecule has 0 spiro atoms. The van der Waals surface area contributed by atoms with Gasteiger partial charge in [-0.15, -0.1) is 0 Å². The highest BCUT2D eigenvalue weighted by Crippen LogP contribution is 2.28. The number of alkyl halides is 2. The summed E-state index contributed by atoms with van der Waals surface area (Å²) in [6, 6.07) is 1.12. The third kappa shape index (κ3) is 3.71. The summed E-state index contributed by atoms with van der Waals surface area (Å²) in [5.74, 6) is -0.375. The first-order chi connectivity index (χ1) is 7.95. The summed E-state index contributed by atoms with van der Waals surface area (Å²) in [6.07, 6.45) is -2.09. The normalized spacial score (nSPS) is 12.6. The van der Waals surface area contributed by atoms with Crippen molar-refractivity contribution in [2.75, 3.05) is 12.4 Å². The Balaban J connectivity index is 2.86. The van der Waals surface area contributed by atoms with Crippen LogP contribution in [0.3, 0.4) is 0 Å². The van der Waals surface area contributed by atoms with E-state index in [-0.39, 0.29) is 15.9 Å². The van der Waals surface area contributed by atoms with E-state index in [0.717, 1.165) is 6.07 Å². The molecule has 1 aromatic heterocycles. The Bertz CT molecular complexity index is 415. The maximum atomic E-state index is 12.6. The Labute approximate surface area is 105 Å². The van der Waals surface area contributed by atoms with Gasteiger partial charge in [0.1, 0.15) is 11.9 Å². The minimum atomic E-state index is -2.64. The molecule has 0 aliphatic rings. The van der Waals surface area contributed by atoms with Crippen LogP contribution in [0.1, 0.15) is 18.9 Å². The number of aromatic nitrogens is 1. The second kappa shape index (κ2) is 6.02. The Kier molecular flexibility index (Phi) is 4.95. The minimum absolute atomic E-state index is 0.0670. The summed E-state index contributed by atoms with van der Waals surface area (Å²) in [4.78, 5) is 15.2. The van der Waals surface area contributed by atoms with Gasteiger partial charge in [-0.3, -0.25) is 4.79 Å². The number of amides is 1. The largest absolute Gasteiger partial charge is 0.372 e. The molecule has 0 aromatic carbocycles. The van der Waals surface area contributed by atoms with Crippen molar-refractivity contribution in [3.05, 3.63) is 22.3 Å². The van der Waals surface area contributed by atoms with E-state index in [4.69, 9.17) is 4.74 Å². The van der Waals surface area contributed by atoms with E-state index in [1.807, 2.05) is 0 Å². The standard InChI is InChI=1S/C10H11BrF2N2O2/c1-5(17-2)10(16)15-8-3-6(9(12)13)7(11)4-14-8/h3-5,9H,1-2H3,(H,14,15,16). The van der Waals surface area contributed by atoms with E-state index in [2.05, 4.69) is 26.2 Å². The molecule has 1 amide bonds. The van der Waals surface area contributed by atoms with Gasteiger partial charge >= 0.3 is 0 Å². The third-order valence-corrected chi connectivity index (χ3v) is 2.76. The molecule has 0 fully saturated rings. The van der Waals surface area contributed by atoms with Crippen LogP contribution in [0.2, 0.25) is 0 Å². The van der Waals surface area contributed by atoms with Crippen molar-refractivity contribution in [1.82, 2.24) is 4.98 Å². The Morgan fingerprint density at radius 2 is 2.24 bits per heavy atom. The van der Waals surface area contributed by atoms with Gasteiger partial charge in [0.2, 0.25) is 0 Å². The van der Waals surface area contributed by atoms with Gasteiger partial charge in [0.05, 0.1) is 0 Å². The van der Waals surface area contributed by atoms with Crippen LogP contribution in [-0.2, 0) is 9.53 Å². The van der Waals surface area contributed by atoms with Crippen LogP contribution in [0.15, 0.2) is 16.7 Å². The number of ether oxygens (including phenoxy) is 1. The SMILES string of the molecule is COC(C)C(=O)Nc1cc(C(F)F)c(Br)cn1. The second-order valence-corrected chi connectivity index (χ2v) is 4.11. The fraction of sp³-hybridized carbons (Fsp3) is 0.400. The number of hydrogen-bond donors (Lipinski definition) is 1. The van der Waals surface area contributed by atoms with Crippen molar-refractivity contribution in [3.63, 3.8) is 0 Å². The highest BCUT2D eigenvalue weighted by Gasteiger charge is 2.16. The molecule has 1 unspecified atom stereocenters. The summed E-state index contributed by atoms with van der Waals surface area (Å²) >= 11 is 2.96. The zero-order valence-corrected chi connectivity index (χ0v) is 10.8. The van der Waals surface area contributed by atoms with Gasteiger partial charge in [0, 0.05) is 23.3 Å². The van der Waals surface area contributed by atoms with Crippen LogP contribution in [-0.4, -0.2) is 24.1 Å². The molecule has 4 nitrogen and oxygen atoms in total. The number of anilines is 1. The monoisotopic (exact) mass is 308 g/mol. The molecule has 0 radical (unpaired) electrons. The van der Waals surface area contributed by atoms with Crippen LogP contribution in [0.4, 0.5) is 14.6 Å². The topological polar surface area (TPSA) is 51.2 Å². The summed E-state index contributed by atoms with van der Waals surface area (Å²) in [6.45, 7) is 1.54. The number of carbonyl (C=O) groups is 1. The number of methoxy groups -OCH3 is 1. The van der Waals surface area contributed by atoms with Gasteiger partial charge in [-0.25, -0.2) is 13.8 Å². The van der Waals surface area contributed by atoms with Gasteiger partial charge in [-0.1, -0.05) is 0 Å². The predicted molar refractivity (Wildman–Crippen MR) is 62.0 cm³/mol. The molecular formula is C10H11BrF2N2O2. The van der Waals surface area contributed by atoms with E-state index < -0.39 is 18.4 Å². The highest BCUT2D eigenvalue weighted by atomic mass is 79.9. The summed E-state index contributed by atoms with van der Waals surface area (Å²) < 4.78 is 30.1. The molecule has 94 valence electrons. The molecule has 0 aliphatic heterocycles. The van der Waals surface area contributed by atoms with Crippen LogP contribution >= 0.6 is 15.9 Å². The third-order valence-electron chi connectivity index (χ3n) is 2.09. The highest BCUT2D eigenvalue weighted by molar-refractivity contribution is 9.10. The summed E-state index contributed by atoms with van der Waals surface area (Å²) in [7, 11) is 1.38. The number of hydrogen-bond acceptors (Lipinski definition) is 3. The van der Waals surface area contributed by atoms with Crippen molar-refractivity contribution in [3.8, 4) is 0 Å². The Morgan fingerprint density at radius 1 is 1.59 bits per heavy atom. The number of nitrogens with zero attached hydrogens (tertiary/aromatic N) is 1. The Morgan fingerprint density at radius 3 is 2.76 bits per heavy atom. The molecule has 1 heterocycles. The molecule has 0 bridgehead atoms. The number of carbonyl (C=O) groups excluding carboxylic acids is 1. The van der Waals surface area contributed by atoms with Crippen molar-refractivity contribution in [2.24, 2.45) is 0 Å². The fourth-order valence-corrected chi connectivity index (χ4v) is 1.41. The zero-order valence-electron chi connectivity index (χ0n) is 9.21. The molecule has 0 saturated heterocycles. The van der Waals surface area contributed by atoms with Crippen LogP contribution < -0.4 is 5.32 Å². The number of rotatable bonds is 4. The fourth-order valence-electron chi connectivity index (χ4n) is 1.02. The average Bonchev–Trinajstić information content (AvgIpc) is 2.30. The van der Waals surface area contributed by atoms with Crippen molar-refractivity contribution >= 4 is 27.7 Å². The van der Waals surface area contributed by atoms with Crippen molar-refractivity contribution in [2.45, 2.75) is 19.5 Å². The van der Waals surface area contributed by atoms with E-state index >= 15 is 0 Å². The number of pyridine rings is 1. The summed E-state index contributed by atoms with van der Waals surface area (Å²) in [5, 5.41) is 2.39. The quantitative estimate of drug-likeness (QED) is 0.930. The molecule has 1 N–H and O–H groups in total. The number of halogens is 3. The molecule has 0 aliphatic carbocycles. The summed E-state index contributed by atoms with van der Waals surface area (Å²) in [5.41, 5.74) is -0.222. The van der Waals surface area contributed by atoms with Gasteiger partial charge < -0.3 is 10.1 Å². The lowest BCUT2D eigenvalue weighted by Crippen LogP contribution is -2.27. The lowest BCUT2D eigenvalue weighted by Gasteiger charge is -2.11. The maximum absolute atomic E-state index is 12.6.